The molecule has 2 N–H and O–H groups in total. The van der Waals surface area contributed by atoms with E-state index in [1.807, 2.05) is 0 Å². The first-order valence-corrected chi connectivity index (χ1v) is 9.04. The molecule has 7 heteroatoms. The van der Waals surface area contributed by atoms with Crippen LogP contribution in [0.15, 0.2) is 0 Å². The molecule has 0 aromatic carbocycles. The molecular weight excluding hydrogens is 278 g/mol. The van der Waals surface area contributed by atoms with Gasteiger partial charge >= 0.3 is 0 Å². The van der Waals surface area contributed by atoms with Gasteiger partial charge in [0, 0.05) is 38.0 Å². The van der Waals surface area contributed by atoms with Crippen molar-refractivity contribution in [2.24, 2.45) is 5.73 Å². The molecule has 1 aliphatic heterocycles. The molecule has 1 aliphatic rings. The Hall–Kier alpha value is -0.660. The summed E-state index contributed by atoms with van der Waals surface area (Å²) in [7, 11) is -3.07. The van der Waals surface area contributed by atoms with E-state index in [1.165, 1.54) is 0 Å². The SMILES string of the molecule is CC(C)(C)N1CCN(C(=O)C(N)CCS(C)(=O)=O)CC1. The predicted octanol–water partition coefficient (Wildman–Crippen LogP) is -0.309. The Bertz CT molecular complexity index is 434. The van der Waals surface area contributed by atoms with E-state index in [9.17, 15) is 13.2 Å². The van der Waals surface area contributed by atoms with Crippen molar-refractivity contribution in [2.45, 2.75) is 38.8 Å². The van der Waals surface area contributed by atoms with E-state index in [4.69, 9.17) is 5.73 Å². The molecule has 0 aromatic rings. The van der Waals surface area contributed by atoms with Crippen LogP contribution in [0.4, 0.5) is 0 Å². The van der Waals surface area contributed by atoms with E-state index in [0.717, 1.165) is 19.3 Å². The summed E-state index contributed by atoms with van der Waals surface area (Å²) in [6, 6.07) is -0.717. The van der Waals surface area contributed by atoms with Crippen molar-refractivity contribution < 1.29 is 13.2 Å². The van der Waals surface area contributed by atoms with E-state index < -0.39 is 15.9 Å². The molecule has 1 fully saturated rings. The van der Waals surface area contributed by atoms with Crippen LogP contribution in [0, 0.1) is 0 Å². The summed E-state index contributed by atoms with van der Waals surface area (Å²) in [5.41, 5.74) is 5.91. The lowest BCUT2D eigenvalue weighted by Crippen LogP contribution is -2.57. The lowest BCUT2D eigenvalue weighted by atomic mass is 10.0. The molecule has 1 heterocycles. The van der Waals surface area contributed by atoms with E-state index in [1.54, 1.807) is 4.90 Å². The quantitative estimate of drug-likeness (QED) is 0.770. The van der Waals surface area contributed by atoms with Gasteiger partial charge in [-0.1, -0.05) is 0 Å². The summed E-state index contributed by atoms with van der Waals surface area (Å²) < 4.78 is 22.2. The molecule has 1 unspecified atom stereocenters. The molecule has 118 valence electrons. The van der Waals surface area contributed by atoms with Gasteiger partial charge in [0.2, 0.25) is 5.91 Å². The average molecular weight is 305 g/mol. The van der Waals surface area contributed by atoms with Crippen LogP contribution in [0.5, 0.6) is 0 Å². The van der Waals surface area contributed by atoms with Gasteiger partial charge in [-0.05, 0) is 27.2 Å². The van der Waals surface area contributed by atoms with Crippen molar-refractivity contribution in [1.82, 2.24) is 9.80 Å². The molecule has 0 bridgehead atoms. The number of piperazine rings is 1. The lowest BCUT2D eigenvalue weighted by Gasteiger charge is -2.42. The topological polar surface area (TPSA) is 83.7 Å². The van der Waals surface area contributed by atoms with Crippen molar-refractivity contribution in [1.29, 1.82) is 0 Å². The Balaban J connectivity index is 2.46. The van der Waals surface area contributed by atoms with Crippen molar-refractivity contribution in [3.05, 3.63) is 0 Å². The average Bonchev–Trinajstić information content (AvgIpc) is 2.33. The molecular formula is C13H27N3O3S. The molecule has 0 aromatic heterocycles. The van der Waals surface area contributed by atoms with Crippen LogP contribution in [0.3, 0.4) is 0 Å². The predicted molar refractivity (Wildman–Crippen MR) is 80.2 cm³/mol. The minimum Gasteiger partial charge on any atom is -0.339 e. The summed E-state index contributed by atoms with van der Waals surface area (Å²) in [5, 5.41) is 0. The van der Waals surface area contributed by atoms with Crippen molar-refractivity contribution in [3.8, 4) is 0 Å². The summed E-state index contributed by atoms with van der Waals surface area (Å²) in [4.78, 5) is 16.2. The van der Waals surface area contributed by atoms with Crippen LogP contribution in [0.2, 0.25) is 0 Å². The first-order chi connectivity index (χ1) is 9.00. The van der Waals surface area contributed by atoms with Crippen LogP contribution < -0.4 is 5.73 Å². The van der Waals surface area contributed by atoms with Gasteiger partial charge in [-0.2, -0.15) is 0 Å². The molecule has 1 amide bonds. The van der Waals surface area contributed by atoms with Crippen molar-refractivity contribution in [2.75, 3.05) is 38.2 Å². The van der Waals surface area contributed by atoms with Crippen LogP contribution in [-0.4, -0.2) is 73.9 Å². The Kier molecular flexibility index (Phi) is 5.57. The summed E-state index contributed by atoms with van der Waals surface area (Å²) >= 11 is 0. The number of carbonyl (C=O) groups is 1. The standard InChI is InChI=1S/C13H27N3O3S/c1-13(2,3)16-8-6-15(7-9-16)12(17)11(14)5-10-20(4,18)19/h11H,5-10,14H2,1-4H3. The molecule has 1 rings (SSSR count). The molecule has 0 saturated carbocycles. The number of nitrogens with two attached hydrogens (primary N) is 1. The van der Waals surface area contributed by atoms with Crippen LogP contribution in [0.1, 0.15) is 27.2 Å². The maximum Gasteiger partial charge on any atom is 0.239 e. The summed E-state index contributed by atoms with van der Waals surface area (Å²) in [5.74, 6) is -0.177. The fraction of sp³-hybridized carbons (Fsp3) is 0.923. The third-order valence-corrected chi connectivity index (χ3v) is 4.63. The minimum atomic E-state index is -3.07. The van der Waals surface area contributed by atoms with Gasteiger partial charge in [0.05, 0.1) is 11.8 Å². The van der Waals surface area contributed by atoms with Gasteiger partial charge in [0.25, 0.3) is 0 Å². The smallest absolute Gasteiger partial charge is 0.239 e. The molecule has 1 saturated heterocycles. The largest absolute Gasteiger partial charge is 0.339 e. The second kappa shape index (κ2) is 6.41. The lowest BCUT2D eigenvalue weighted by molar-refractivity contribution is -0.135. The molecule has 1 atom stereocenters. The van der Waals surface area contributed by atoms with E-state index in [0.29, 0.717) is 13.1 Å². The highest BCUT2D eigenvalue weighted by Gasteiger charge is 2.29. The fourth-order valence-corrected chi connectivity index (χ4v) is 2.98. The van der Waals surface area contributed by atoms with Crippen LogP contribution in [-0.2, 0) is 14.6 Å². The minimum absolute atomic E-state index is 0.0398. The first kappa shape index (κ1) is 17.4. The molecule has 20 heavy (non-hydrogen) atoms. The highest BCUT2D eigenvalue weighted by Crippen LogP contribution is 2.16. The fourth-order valence-electron chi connectivity index (χ4n) is 2.30. The van der Waals surface area contributed by atoms with Gasteiger partial charge in [0.1, 0.15) is 9.84 Å². The first-order valence-electron chi connectivity index (χ1n) is 6.98. The number of amides is 1. The van der Waals surface area contributed by atoms with E-state index in [-0.39, 0.29) is 23.6 Å². The third kappa shape index (κ3) is 5.38. The maximum atomic E-state index is 12.2. The Morgan fingerprint density at radius 2 is 1.70 bits per heavy atom. The zero-order valence-electron chi connectivity index (χ0n) is 12.9. The monoisotopic (exact) mass is 305 g/mol. The summed E-state index contributed by atoms with van der Waals surface area (Å²) in [6.07, 6.45) is 1.35. The Labute approximate surface area is 122 Å². The van der Waals surface area contributed by atoms with Crippen molar-refractivity contribution in [3.63, 3.8) is 0 Å². The van der Waals surface area contributed by atoms with Crippen LogP contribution >= 0.6 is 0 Å². The second-order valence-electron chi connectivity index (χ2n) is 6.51. The van der Waals surface area contributed by atoms with Gasteiger partial charge < -0.3 is 10.6 Å². The van der Waals surface area contributed by atoms with Gasteiger partial charge in [-0.3, -0.25) is 9.69 Å². The molecule has 0 aliphatic carbocycles. The summed E-state index contributed by atoms with van der Waals surface area (Å²) in [6.45, 7) is 9.43. The Morgan fingerprint density at radius 1 is 1.20 bits per heavy atom. The third-order valence-electron chi connectivity index (χ3n) is 3.66. The molecule has 0 spiro atoms. The highest BCUT2D eigenvalue weighted by molar-refractivity contribution is 7.90. The molecule has 6 nitrogen and oxygen atoms in total. The second-order valence-corrected chi connectivity index (χ2v) is 8.77. The van der Waals surface area contributed by atoms with Gasteiger partial charge in [0.15, 0.2) is 0 Å². The number of hydrogen-bond acceptors (Lipinski definition) is 5. The van der Waals surface area contributed by atoms with Gasteiger partial charge in [-0.25, -0.2) is 8.42 Å². The maximum absolute atomic E-state index is 12.2. The molecule has 0 radical (unpaired) electrons. The van der Waals surface area contributed by atoms with Gasteiger partial charge in [-0.15, -0.1) is 0 Å². The number of carbonyl (C=O) groups excluding carboxylic acids is 1. The van der Waals surface area contributed by atoms with Crippen molar-refractivity contribution >= 4 is 15.7 Å². The number of hydrogen-bond donors (Lipinski definition) is 1. The Morgan fingerprint density at radius 3 is 2.10 bits per heavy atom. The number of rotatable bonds is 4. The van der Waals surface area contributed by atoms with E-state index >= 15 is 0 Å². The number of nitrogens with zero attached hydrogens (tertiary/aromatic N) is 2. The number of sulfone groups is 1. The zero-order valence-corrected chi connectivity index (χ0v) is 13.7. The highest BCUT2D eigenvalue weighted by atomic mass is 32.2. The zero-order chi connectivity index (χ0) is 15.6. The normalized spacial score (nSPS) is 19.9. The van der Waals surface area contributed by atoms with E-state index in [2.05, 4.69) is 25.7 Å². The van der Waals surface area contributed by atoms with Crippen LogP contribution in [0.25, 0.3) is 0 Å².